The number of aryl methyl sites for hydroxylation is 1. The van der Waals surface area contributed by atoms with E-state index in [1.807, 2.05) is 54.6 Å². The summed E-state index contributed by atoms with van der Waals surface area (Å²) in [6.45, 7) is 0. The standard InChI is InChI=1S/C23H18N6O3S2/c1-28-19-17(21(31)29(2)23(28)32)20(27-18(26-19)13-8-4-3-5-9-13)33-12-16(30)25-22-24-14-10-6-7-11-15(14)34-22/h3-11H,12H2,1-2H3,(H,24,25,30). The Kier molecular flexibility index (Phi) is 5.72. The first-order valence-electron chi connectivity index (χ1n) is 10.2. The van der Waals surface area contributed by atoms with E-state index in [1.54, 1.807) is 7.05 Å². The third-order valence-corrected chi connectivity index (χ3v) is 7.11. The number of benzene rings is 2. The van der Waals surface area contributed by atoms with Gasteiger partial charge < -0.3 is 5.32 Å². The molecule has 0 bridgehead atoms. The fourth-order valence-corrected chi connectivity index (χ4v) is 5.16. The normalized spacial score (nSPS) is 11.2. The Labute approximate surface area is 201 Å². The number of hydrogen-bond donors (Lipinski definition) is 1. The molecule has 0 saturated heterocycles. The molecule has 2 aromatic carbocycles. The Hall–Kier alpha value is -3.83. The van der Waals surface area contributed by atoms with E-state index >= 15 is 0 Å². The lowest BCUT2D eigenvalue weighted by Crippen LogP contribution is -2.37. The number of fused-ring (bicyclic) bond motifs is 2. The minimum Gasteiger partial charge on any atom is -0.301 e. The quantitative estimate of drug-likeness (QED) is 0.298. The highest BCUT2D eigenvalue weighted by atomic mass is 32.2. The minimum absolute atomic E-state index is 0.00225. The van der Waals surface area contributed by atoms with Gasteiger partial charge in [-0.1, -0.05) is 65.6 Å². The van der Waals surface area contributed by atoms with Crippen molar-refractivity contribution in [3.8, 4) is 11.4 Å². The number of thiazole rings is 1. The number of amides is 1. The minimum atomic E-state index is -0.508. The second kappa shape index (κ2) is 8.84. The second-order valence-corrected chi connectivity index (χ2v) is 9.44. The molecule has 0 unspecified atom stereocenters. The lowest BCUT2D eigenvalue weighted by Gasteiger charge is -2.12. The summed E-state index contributed by atoms with van der Waals surface area (Å²) in [6, 6.07) is 16.9. The van der Waals surface area contributed by atoms with Crippen LogP contribution >= 0.6 is 23.1 Å². The molecule has 0 saturated carbocycles. The Bertz CT molecular complexity index is 1640. The highest BCUT2D eigenvalue weighted by molar-refractivity contribution is 8.00. The van der Waals surface area contributed by atoms with Crippen LogP contribution in [0.25, 0.3) is 32.6 Å². The summed E-state index contributed by atoms with van der Waals surface area (Å²) in [7, 11) is 2.96. The van der Waals surface area contributed by atoms with Crippen LogP contribution < -0.4 is 16.6 Å². The van der Waals surface area contributed by atoms with Crippen molar-refractivity contribution in [2.24, 2.45) is 14.1 Å². The predicted molar refractivity (Wildman–Crippen MR) is 134 cm³/mol. The maximum Gasteiger partial charge on any atom is 0.332 e. The number of thioether (sulfide) groups is 1. The summed E-state index contributed by atoms with van der Waals surface area (Å²) in [5.41, 5.74) is 0.773. The van der Waals surface area contributed by atoms with Gasteiger partial charge in [0.15, 0.2) is 16.6 Å². The molecule has 1 amide bonds. The van der Waals surface area contributed by atoms with Crippen LogP contribution in [0.5, 0.6) is 0 Å². The molecule has 0 aliphatic heterocycles. The molecule has 0 radical (unpaired) electrons. The van der Waals surface area contributed by atoms with Crippen LogP contribution in [0, 0.1) is 0 Å². The lowest BCUT2D eigenvalue weighted by atomic mass is 10.2. The topological polar surface area (TPSA) is 112 Å². The summed E-state index contributed by atoms with van der Waals surface area (Å²) in [5, 5.41) is 3.84. The van der Waals surface area contributed by atoms with Crippen molar-refractivity contribution >= 4 is 55.4 Å². The molecule has 34 heavy (non-hydrogen) atoms. The molecule has 0 aliphatic rings. The molecule has 11 heteroatoms. The molecule has 5 rings (SSSR count). The van der Waals surface area contributed by atoms with Gasteiger partial charge in [-0.25, -0.2) is 19.7 Å². The zero-order valence-electron chi connectivity index (χ0n) is 18.2. The largest absolute Gasteiger partial charge is 0.332 e. The van der Waals surface area contributed by atoms with Crippen molar-refractivity contribution in [1.29, 1.82) is 0 Å². The Balaban J connectivity index is 1.51. The molecule has 0 atom stereocenters. The summed E-state index contributed by atoms with van der Waals surface area (Å²) in [6.07, 6.45) is 0. The van der Waals surface area contributed by atoms with Gasteiger partial charge >= 0.3 is 5.69 Å². The first-order chi connectivity index (χ1) is 16.4. The molecular weight excluding hydrogens is 472 g/mol. The van der Waals surface area contributed by atoms with Crippen LogP contribution in [0.4, 0.5) is 5.13 Å². The number of aromatic nitrogens is 5. The van der Waals surface area contributed by atoms with Crippen LogP contribution in [0.1, 0.15) is 0 Å². The van der Waals surface area contributed by atoms with Gasteiger partial charge in [0, 0.05) is 19.7 Å². The number of hydrogen-bond acceptors (Lipinski definition) is 8. The van der Waals surface area contributed by atoms with Crippen molar-refractivity contribution < 1.29 is 4.79 Å². The number of para-hydroxylation sites is 1. The van der Waals surface area contributed by atoms with Crippen molar-refractivity contribution in [1.82, 2.24) is 24.1 Å². The first kappa shape index (κ1) is 22.0. The molecule has 0 fully saturated rings. The number of carbonyl (C=O) groups is 1. The van der Waals surface area contributed by atoms with Gasteiger partial charge in [-0.3, -0.25) is 18.7 Å². The number of nitrogens with one attached hydrogen (secondary N) is 1. The first-order valence-corrected chi connectivity index (χ1v) is 12.0. The second-order valence-electron chi connectivity index (χ2n) is 7.45. The van der Waals surface area contributed by atoms with Gasteiger partial charge in [-0.15, -0.1) is 0 Å². The number of anilines is 1. The SMILES string of the molecule is Cn1c(=O)c2c(SCC(=O)Nc3nc4ccccc4s3)nc(-c3ccccc3)nc2n(C)c1=O. The van der Waals surface area contributed by atoms with Gasteiger partial charge in [0.25, 0.3) is 5.56 Å². The van der Waals surface area contributed by atoms with Crippen molar-refractivity contribution in [2.45, 2.75) is 5.03 Å². The number of rotatable bonds is 5. The van der Waals surface area contributed by atoms with E-state index in [9.17, 15) is 14.4 Å². The molecule has 170 valence electrons. The van der Waals surface area contributed by atoms with Crippen molar-refractivity contribution in [3.63, 3.8) is 0 Å². The van der Waals surface area contributed by atoms with E-state index in [0.717, 1.165) is 32.1 Å². The molecule has 1 N–H and O–H groups in total. The van der Waals surface area contributed by atoms with Crippen LogP contribution in [-0.2, 0) is 18.9 Å². The number of carbonyl (C=O) groups excluding carboxylic acids is 1. The van der Waals surface area contributed by atoms with Crippen LogP contribution in [0.15, 0.2) is 69.2 Å². The molecule has 9 nitrogen and oxygen atoms in total. The third-order valence-electron chi connectivity index (χ3n) is 5.18. The highest BCUT2D eigenvalue weighted by Crippen LogP contribution is 2.28. The van der Waals surface area contributed by atoms with Gasteiger partial charge in [0.1, 0.15) is 10.4 Å². The molecule has 5 aromatic rings. The third kappa shape index (κ3) is 3.99. The zero-order valence-corrected chi connectivity index (χ0v) is 19.8. The van der Waals surface area contributed by atoms with E-state index in [-0.39, 0.29) is 22.7 Å². The fraction of sp³-hybridized carbons (Fsp3) is 0.130. The average molecular weight is 491 g/mol. The van der Waals surface area contributed by atoms with Crippen LogP contribution in [-0.4, -0.2) is 35.7 Å². The van der Waals surface area contributed by atoms with Gasteiger partial charge in [-0.05, 0) is 12.1 Å². The lowest BCUT2D eigenvalue weighted by molar-refractivity contribution is -0.113. The molecule has 3 aromatic heterocycles. The summed E-state index contributed by atoms with van der Waals surface area (Å²) in [5.74, 6) is 0.0894. The molecule has 0 spiro atoms. The van der Waals surface area contributed by atoms with Crippen molar-refractivity contribution in [3.05, 3.63) is 75.4 Å². The van der Waals surface area contributed by atoms with Crippen molar-refractivity contribution in [2.75, 3.05) is 11.1 Å². The summed E-state index contributed by atoms with van der Waals surface area (Å²) >= 11 is 2.50. The Morgan fingerprint density at radius 2 is 1.71 bits per heavy atom. The zero-order chi connectivity index (χ0) is 23.8. The van der Waals surface area contributed by atoms with Gasteiger partial charge in [0.05, 0.1) is 16.0 Å². The Morgan fingerprint density at radius 3 is 2.47 bits per heavy atom. The summed E-state index contributed by atoms with van der Waals surface area (Å²) < 4.78 is 3.30. The smallest absolute Gasteiger partial charge is 0.301 e. The van der Waals surface area contributed by atoms with Crippen LogP contribution in [0.3, 0.4) is 0 Å². The average Bonchev–Trinajstić information content (AvgIpc) is 3.27. The maximum absolute atomic E-state index is 13.0. The molecule has 3 heterocycles. The maximum atomic E-state index is 13.0. The molecule has 0 aliphatic carbocycles. The number of nitrogens with zero attached hydrogens (tertiary/aromatic N) is 5. The van der Waals surface area contributed by atoms with Gasteiger partial charge in [-0.2, -0.15) is 0 Å². The van der Waals surface area contributed by atoms with E-state index in [1.165, 1.54) is 23.0 Å². The summed E-state index contributed by atoms with van der Waals surface area (Å²) in [4.78, 5) is 51.6. The fourth-order valence-electron chi connectivity index (χ4n) is 3.46. The monoisotopic (exact) mass is 490 g/mol. The Morgan fingerprint density at radius 1 is 0.971 bits per heavy atom. The van der Waals surface area contributed by atoms with E-state index in [0.29, 0.717) is 16.0 Å². The van der Waals surface area contributed by atoms with E-state index in [2.05, 4.69) is 20.3 Å². The highest BCUT2D eigenvalue weighted by Gasteiger charge is 2.19. The van der Waals surface area contributed by atoms with E-state index in [4.69, 9.17) is 0 Å². The van der Waals surface area contributed by atoms with Crippen LogP contribution in [0.2, 0.25) is 0 Å². The van der Waals surface area contributed by atoms with Gasteiger partial charge in [0.2, 0.25) is 5.91 Å². The molecular formula is C23H18N6O3S2. The predicted octanol–water partition coefficient (Wildman–Crippen LogP) is 3.03. The van der Waals surface area contributed by atoms with E-state index < -0.39 is 11.2 Å².